The first-order valence-electron chi connectivity index (χ1n) is 7.34. The number of phenolic OH excluding ortho intramolecular Hbond substituents is 1. The maximum atomic E-state index is 11.7. The van der Waals surface area contributed by atoms with Gasteiger partial charge < -0.3 is 15.2 Å². The zero-order chi connectivity index (χ0) is 16.7. The van der Waals surface area contributed by atoms with Crippen LogP contribution in [-0.2, 0) is 9.53 Å². The van der Waals surface area contributed by atoms with Crippen molar-refractivity contribution in [1.82, 2.24) is 5.32 Å². The third-order valence-corrected chi connectivity index (χ3v) is 3.41. The molecule has 5 heteroatoms. The molecule has 0 saturated carbocycles. The van der Waals surface area contributed by atoms with E-state index in [1.807, 2.05) is 37.3 Å². The monoisotopic (exact) mass is 313 g/mol. The van der Waals surface area contributed by atoms with Gasteiger partial charge in [-0.05, 0) is 35.7 Å². The number of phenols is 1. The maximum absolute atomic E-state index is 11.7. The number of hydrogen-bond acceptors (Lipinski definition) is 4. The summed E-state index contributed by atoms with van der Waals surface area (Å²) in [6.07, 6.45) is 0. The number of rotatable bonds is 6. The highest BCUT2D eigenvalue weighted by molar-refractivity contribution is 5.91. The molecule has 0 bridgehead atoms. The lowest BCUT2D eigenvalue weighted by Gasteiger charge is -2.13. The topological polar surface area (TPSA) is 75.6 Å². The molecular weight excluding hydrogens is 294 g/mol. The second kappa shape index (κ2) is 7.98. The highest BCUT2D eigenvalue weighted by Gasteiger charge is 2.11. The fourth-order valence-electron chi connectivity index (χ4n) is 2.03. The van der Waals surface area contributed by atoms with Crippen LogP contribution < -0.4 is 5.32 Å². The van der Waals surface area contributed by atoms with Crippen LogP contribution in [0.4, 0.5) is 0 Å². The SMILES string of the molecule is C[C@H](CNC(=O)COC(=O)c1ccc(O)cc1)c1ccccc1. The molecule has 0 aromatic heterocycles. The Morgan fingerprint density at radius 3 is 2.39 bits per heavy atom. The number of hydrogen-bond donors (Lipinski definition) is 2. The van der Waals surface area contributed by atoms with E-state index in [4.69, 9.17) is 9.84 Å². The van der Waals surface area contributed by atoms with Gasteiger partial charge in [-0.2, -0.15) is 0 Å². The van der Waals surface area contributed by atoms with Crippen molar-refractivity contribution in [3.8, 4) is 5.75 Å². The van der Waals surface area contributed by atoms with Crippen molar-refractivity contribution in [1.29, 1.82) is 0 Å². The van der Waals surface area contributed by atoms with E-state index in [9.17, 15) is 9.59 Å². The van der Waals surface area contributed by atoms with Gasteiger partial charge in [-0.3, -0.25) is 4.79 Å². The summed E-state index contributed by atoms with van der Waals surface area (Å²) in [5.41, 5.74) is 1.42. The zero-order valence-corrected chi connectivity index (χ0v) is 12.9. The zero-order valence-electron chi connectivity index (χ0n) is 12.9. The molecule has 0 fully saturated rings. The Balaban J connectivity index is 1.75. The van der Waals surface area contributed by atoms with Gasteiger partial charge >= 0.3 is 5.97 Å². The van der Waals surface area contributed by atoms with E-state index in [1.165, 1.54) is 24.3 Å². The van der Waals surface area contributed by atoms with Gasteiger partial charge in [0.25, 0.3) is 5.91 Å². The van der Waals surface area contributed by atoms with Crippen LogP contribution in [0.1, 0.15) is 28.8 Å². The van der Waals surface area contributed by atoms with Gasteiger partial charge in [-0.15, -0.1) is 0 Å². The average Bonchev–Trinajstić information content (AvgIpc) is 2.59. The lowest BCUT2D eigenvalue weighted by atomic mass is 10.0. The smallest absolute Gasteiger partial charge is 0.338 e. The minimum atomic E-state index is -0.601. The van der Waals surface area contributed by atoms with Gasteiger partial charge in [0.1, 0.15) is 5.75 Å². The standard InChI is InChI=1S/C18H19NO4/c1-13(14-5-3-2-4-6-14)11-19-17(21)12-23-18(22)15-7-9-16(20)10-8-15/h2-10,13,20H,11-12H2,1H3,(H,19,21)/t13-/m1/s1. The van der Waals surface area contributed by atoms with Crippen molar-refractivity contribution >= 4 is 11.9 Å². The van der Waals surface area contributed by atoms with Gasteiger partial charge in [-0.1, -0.05) is 37.3 Å². The van der Waals surface area contributed by atoms with Gasteiger partial charge in [0, 0.05) is 6.54 Å². The summed E-state index contributed by atoms with van der Waals surface area (Å²) in [7, 11) is 0. The molecule has 2 aromatic rings. The molecule has 1 amide bonds. The third-order valence-electron chi connectivity index (χ3n) is 3.41. The van der Waals surface area contributed by atoms with Crippen LogP contribution in [0.15, 0.2) is 54.6 Å². The van der Waals surface area contributed by atoms with Gasteiger partial charge in [0.15, 0.2) is 6.61 Å². The second-order valence-corrected chi connectivity index (χ2v) is 5.24. The number of aromatic hydroxyl groups is 1. The molecular formula is C18H19NO4. The molecule has 1 atom stereocenters. The predicted octanol–water partition coefficient (Wildman–Crippen LogP) is 2.47. The highest BCUT2D eigenvalue weighted by Crippen LogP contribution is 2.13. The molecule has 0 aliphatic heterocycles. The number of ether oxygens (including phenoxy) is 1. The summed E-state index contributed by atoms with van der Waals surface area (Å²) in [6.45, 7) is 2.15. The minimum absolute atomic E-state index is 0.0641. The van der Waals surface area contributed by atoms with Gasteiger partial charge in [0.05, 0.1) is 5.56 Å². The number of benzene rings is 2. The molecule has 0 unspecified atom stereocenters. The Hall–Kier alpha value is -2.82. The van der Waals surface area contributed by atoms with Crippen LogP contribution in [0, 0.1) is 0 Å². The van der Waals surface area contributed by atoms with E-state index in [-0.39, 0.29) is 29.7 Å². The Bertz CT molecular complexity index is 652. The van der Waals surface area contributed by atoms with E-state index in [0.29, 0.717) is 6.54 Å². The van der Waals surface area contributed by atoms with E-state index in [2.05, 4.69) is 5.32 Å². The summed E-state index contributed by atoms with van der Waals surface area (Å²) in [5, 5.41) is 11.9. The van der Waals surface area contributed by atoms with E-state index >= 15 is 0 Å². The molecule has 2 rings (SSSR count). The van der Waals surface area contributed by atoms with E-state index in [0.717, 1.165) is 5.56 Å². The normalized spacial score (nSPS) is 11.5. The fourth-order valence-corrected chi connectivity index (χ4v) is 2.03. The van der Waals surface area contributed by atoms with Crippen molar-refractivity contribution in [2.24, 2.45) is 0 Å². The Morgan fingerprint density at radius 2 is 1.74 bits per heavy atom. The molecule has 0 aliphatic carbocycles. The Labute approximate surface area is 134 Å². The number of esters is 1. The molecule has 0 spiro atoms. The third kappa shape index (κ3) is 5.14. The summed E-state index contributed by atoms with van der Waals surface area (Å²) in [5.74, 6) is -0.710. The Kier molecular flexibility index (Phi) is 5.74. The first-order chi connectivity index (χ1) is 11.1. The fraction of sp³-hybridized carbons (Fsp3) is 0.222. The number of nitrogens with one attached hydrogen (secondary N) is 1. The van der Waals surface area contributed by atoms with Gasteiger partial charge in [0.2, 0.25) is 0 Å². The van der Waals surface area contributed by atoms with Crippen LogP contribution in [0.5, 0.6) is 5.75 Å². The lowest BCUT2D eigenvalue weighted by molar-refractivity contribution is -0.124. The molecule has 0 heterocycles. The number of carbonyl (C=O) groups is 2. The largest absolute Gasteiger partial charge is 0.508 e. The molecule has 5 nitrogen and oxygen atoms in total. The molecule has 2 aromatic carbocycles. The molecule has 120 valence electrons. The first kappa shape index (κ1) is 16.5. The van der Waals surface area contributed by atoms with Crippen LogP contribution in [-0.4, -0.2) is 30.1 Å². The van der Waals surface area contributed by atoms with Crippen molar-refractivity contribution in [3.05, 3.63) is 65.7 Å². The lowest BCUT2D eigenvalue weighted by Crippen LogP contribution is -2.31. The number of carbonyl (C=O) groups excluding carboxylic acids is 2. The van der Waals surface area contributed by atoms with E-state index in [1.54, 1.807) is 0 Å². The van der Waals surface area contributed by atoms with Crippen molar-refractivity contribution in [2.75, 3.05) is 13.2 Å². The molecule has 23 heavy (non-hydrogen) atoms. The molecule has 0 saturated heterocycles. The van der Waals surface area contributed by atoms with Crippen LogP contribution in [0.2, 0.25) is 0 Å². The Morgan fingerprint density at radius 1 is 1.09 bits per heavy atom. The van der Waals surface area contributed by atoms with Crippen LogP contribution >= 0.6 is 0 Å². The predicted molar refractivity (Wildman–Crippen MR) is 86.3 cm³/mol. The summed E-state index contributed by atoms with van der Waals surface area (Å²) < 4.78 is 4.94. The average molecular weight is 313 g/mol. The van der Waals surface area contributed by atoms with Crippen molar-refractivity contribution in [2.45, 2.75) is 12.8 Å². The van der Waals surface area contributed by atoms with Crippen LogP contribution in [0.25, 0.3) is 0 Å². The van der Waals surface area contributed by atoms with E-state index < -0.39 is 5.97 Å². The molecule has 0 aliphatic rings. The van der Waals surface area contributed by atoms with Crippen molar-refractivity contribution < 1.29 is 19.4 Å². The minimum Gasteiger partial charge on any atom is -0.508 e. The first-order valence-corrected chi connectivity index (χ1v) is 7.34. The molecule has 2 N–H and O–H groups in total. The summed E-state index contributed by atoms with van der Waals surface area (Å²) in [4.78, 5) is 23.5. The summed E-state index contributed by atoms with van der Waals surface area (Å²) >= 11 is 0. The second-order valence-electron chi connectivity index (χ2n) is 5.24. The maximum Gasteiger partial charge on any atom is 0.338 e. The number of amides is 1. The van der Waals surface area contributed by atoms with Crippen molar-refractivity contribution in [3.63, 3.8) is 0 Å². The van der Waals surface area contributed by atoms with Gasteiger partial charge in [-0.25, -0.2) is 4.79 Å². The molecule has 0 radical (unpaired) electrons. The summed E-state index contributed by atoms with van der Waals surface area (Å²) in [6, 6.07) is 15.5. The quantitative estimate of drug-likeness (QED) is 0.803. The van der Waals surface area contributed by atoms with Crippen LogP contribution in [0.3, 0.4) is 0 Å². The highest BCUT2D eigenvalue weighted by atomic mass is 16.5.